The zero-order valence-corrected chi connectivity index (χ0v) is 11.2. The molecule has 0 heterocycles. The summed E-state index contributed by atoms with van der Waals surface area (Å²) in [7, 11) is 0. The van der Waals surface area contributed by atoms with Gasteiger partial charge in [-0.1, -0.05) is 41.4 Å². The van der Waals surface area contributed by atoms with Crippen molar-refractivity contribution in [1.29, 1.82) is 5.26 Å². The highest BCUT2D eigenvalue weighted by Crippen LogP contribution is 2.28. The lowest BCUT2D eigenvalue weighted by Crippen LogP contribution is -2.10. The van der Waals surface area contributed by atoms with E-state index < -0.39 is 6.10 Å². The van der Waals surface area contributed by atoms with Crippen LogP contribution in [0.2, 0.25) is 0 Å². The fraction of sp³-hybridized carbons (Fsp3) is 0.462. The van der Waals surface area contributed by atoms with Crippen molar-refractivity contribution in [2.45, 2.75) is 32.8 Å². The summed E-state index contributed by atoms with van der Waals surface area (Å²) in [5.74, 6) is -0.314. The van der Waals surface area contributed by atoms with Gasteiger partial charge in [-0.2, -0.15) is 5.26 Å². The molecule has 2 atom stereocenters. The van der Waals surface area contributed by atoms with Crippen molar-refractivity contribution in [3.05, 3.63) is 33.8 Å². The van der Waals surface area contributed by atoms with E-state index in [0.29, 0.717) is 0 Å². The lowest BCUT2D eigenvalue weighted by Gasteiger charge is -2.17. The first-order valence-electron chi connectivity index (χ1n) is 5.43. The van der Waals surface area contributed by atoms with Crippen LogP contribution in [-0.4, -0.2) is 5.11 Å². The number of aryl methyl sites for hydroxylation is 1. The van der Waals surface area contributed by atoms with Crippen LogP contribution in [0, 0.1) is 24.2 Å². The predicted octanol–water partition coefficient (Wildman–Crippen LogP) is 3.73. The number of nitriles is 1. The number of nitrogens with zero attached hydrogens (tertiary/aromatic N) is 1. The smallest absolute Gasteiger partial charge is 0.0948 e. The van der Waals surface area contributed by atoms with Gasteiger partial charge in [0, 0.05) is 4.47 Å². The highest BCUT2D eigenvalue weighted by Gasteiger charge is 2.19. The first kappa shape index (κ1) is 13.2. The molecule has 1 rings (SSSR count). The first-order chi connectivity index (χ1) is 7.60. The maximum atomic E-state index is 10.1. The third kappa shape index (κ3) is 3.07. The lowest BCUT2D eigenvalue weighted by atomic mass is 9.92. The quantitative estimate of drug-likeness (QED) is 0.914. The molecule has 0 aliphatic carbocycles. The summed E-state index contributed by atoms with van der Waals surface area (Å²) in [6.07, 6.45) is 0.953. The van der Waals surface area contributed by atoms with E-state index in [1.165, 1.54) is 0 Å². The van der Waals surface area contributed by atoms with Gasteiger partial charge in [-0.25, -0.2) is 0 Å². The lowest BCUT2D eigenvalue weighted by molar-refractivity contribution is 0.130. The van der Waals surface area contributed by atoms with Gasteiger partial charge in [0.15, 0.2) is 0 Å². The van der Waals surface area contributed by atoms with Gasteiger partial charge < -0.3 is 5.11 Å². The standard InChI is InChI=1S/C13H16BrNO/c1-3-4-11(8-15)13(16)10-5-6-12(14)9(2)7-10/h5-7,11,13,16H,3-4H2,1-2H3. The number of rotatable bonds is 4. The highest BCUT2D eigenvalue weighted by atomic mass is 79.9. The van der Waals surface area contributed by atoms with E-state index in [4.69, 9.17) is 5.26 Å². The van der Waals surface area contributed by atoms with Crippen LogP contribution in [0.15, 0.2) is 22.7 Å². The summed E-state index contributed by atoms with van der Waals surface area (Å²) in [4.78, 5) is 0. The second kappa shape index (κ2) is 6.03. The van der Waals surface area contributed by atoms with Gasteiger partial charge in [0.25, 0.3) is 0 Å². The van der Waals surface area contributed by atoms with Crippen molar-refractivity contribution in [1.82, 2.24) is 0 Å². The Morgan fingerprint density at radius 2 is 2.19 bits per heavy atom. The molecule has 0 radical (unpaired) electrons. The van der Waals surface area contributed by atoms with Crippen molar-refractivity contribution in [2.24, 2.45) is 5.92 Å². The van der Waals surface area contributed by atoms with Crippen LogP contribution in [0.25, 0.3) is 0 Å². The Kier molecular flexibility index (Phi) is 4.98. The van der Waals surface area contributed by atoms with Gasteiger partial charge in [0.2, 0.25) is 0 Å². The average Bonchev–Trinajstić information content (AvgIpc) is 2.28. The van der Waals surface area contributed by atoms with E-state index in [0.717, 1.165) is 28.4 Å². The topological polar surface area (TPSA) is 44.0 Å². The summed E-state index contributed by atoms with van der Waals surface area (Å²) in [6.45, 7) is 3.99. The predicted molar refractivity (Wildman–Crippen MR) is 67.8 cm³/mol. The number of benzene rings is 1. The molecular weight excluding hydrogens is 266 g/mol. The molecule has 0 saturated carbocycles. The molecular formula is C13H16BrNO. The van der Waals surface area contributed by atoms with Crippen LogP contribution in [-0.2, 0) is 0 Å². The molecule has 0 aliphatic heterocycles. The molecule has 3 heteroatoms. The zero-order valence-electron chi connectivity index (χ0n) is 9.57. The summed E-state index contributed by atoms with van der Waals surface area (Å²) in [5.41, 5.74) is 1.89. The van der Waals surface area contributed by atoms with Gasteiger partial charge in [-0.15, -0.1) is 0 Å². The maximum absolute atomic E-state index is 10.1. The monoisotopic (exact) mass is 281 g/mol. The second-order valence-electron chi connectivity index (χ2n) is 3.98. The van der Waals surface area contributed by atoms with Gasteiger partial charge >= 0.3 is 0 Å². The van der Waals surface area contributed by atoms with Crippen LogP contribution >= 0.6 is 15.9 Å². The van der Waals surface area contributed by atoms with E-state index >= 15 is 0 Å². The van der Waals surface area contributed by atoms with E-state index in [9.17, 15) is 5.11 Å². The van der Waals surface area contributed by atoms with Crippen molar-refractivity contribution in [3.8, 4) is 6.07 Å². The SMILES string of the molecule is CCCC(C#N)C(O)c1ccc(Br)c(C)c1. The van der Waals surface area contributed by atoms with Crippen LogP contribution in [0.5, 0.6) is 0 Å². The van der Waals surface area contributed by atoms with Crippen LogP contribution < -0.4 is 0 Å². The summed E-state index contributed by atoms with van der Waals surface area (Å²) in [5, 5.41) is 19.1. The molecule has 86 valence electrons. The Hall–Kier alpha value is -0.850. The molecule has 0 saturated heterocycles. The normalized spacial score (nSPS) is 14.2. The third-order valence-electron chi connectivity index (χ3n) is 2.67. The number of aliphatic hydroxyl groups is 1. The van der Waals surface area contributed by atoms with Crippen molar-refractivity contribution in [3.63, 3.8) is 0 Å². The molecule has 1 N–H and O–H groups in total. The second-order valence-corrected chi connectivity index (χ2v) is 4.83. The molecule has 2 unspecified atom stereocenters. The van der Waals surface area contributed by atoms with Gasteiger partial charge in [0.05, 0.1) is 18.1 Å². The Labute approximate surface area is 105 Å². The number of halogens is 1. The minimum absolute atomic E-state index is 0.314. The molecule has 0 bridgehead atoms. The summed E-state index contributed by atoms with van der Waals surface area (Å²) >= 11 is 3.42. The first-order valence-corrected chi connectivity index (χ1v) is 6.23. The van der Waals surface area contributed by atoms with Crippen molar-refractivity contribution in [2.75, 3.05) is 0 Å². The van der Waals surface area contributed by atoms with E-state index in [1.54, 1.807) is 0 Å². The molecule has 0 aromatic heterocycles. The molecule has 0 spiro atoms. The van der Waals surface area contributed by atoms with Crippen molar-refractivity contribution >= 4 is 15.9 Å². The number of hydrogen-bond acceptors (Lipinski definition) is 2. The van der Waals surface area contributed by atoms with E-state index in [-0.39, 0.29) is 5.92 Å². The maximum Gasteiger partial charge on any atom is 0.0948 e. The highest BCUT2D eigenvalue weighted by molar-refractivity contribution is 9.10. The average molecular weight is 282 g/mol. The molecule has 0 fully saturated rings. The molecule has 1 aromatic rings. The largest absolute Gasteiger partial charge is 0.387 e. The van der Waals surface area contributed by atoms with Crippen LogP contribution in [0.1, 0.15) is 37.0 Å². The van der Waals surface area contributed by atoms with E-state index in [2.05, 4.69) is 22.0 Å². The van der Waals surface area contributed by atoms with Crippen LogP contribution in [0.3, 0.4) is 0 Å². The molecule has 1 aromatic carbocycles. The minimum Gasteiger partial charge on any atom is -0.387 e. The summed E-state index contributed by atoms with van der Waals surface area (Å²) < 4.78 is 1.02. The fourth-order valence-corrected chi connectivity index (χ4v) is 1.93. The number of hydrogen-bond donors (Lipinski definition) is 1. The number of aliphatic hydroxyl groups excluding tert-OH is 1. The fourth-order valence-electron chi connectivity index (χ4n) is 1.69. The molecule has 0 aliphatic rings. The van der Waals surface area contributed by atoms with Crippen LogP contribution in [0.4, 0.5) is 0 Å². The van der Waals surface area contributed by atoms with E-state index in [1.807, 2.05) is 32.0 Å². The molecule has 0 amide bonds. The Morgan fingerprint density at radius 1 is 1.50 bits per heavy atom. The van der Waals surface area contributed by atoms with Gasteiger partial charge in [-0.3, -0.25) is 0 Å². The minimum atomic E-state index is -0.684. The third-order valence-corrected chi connectivity index (χ3v) is 3.56. The Bertz CT molecular complexity index is 397. The summed E-state index contributed by atoms with van der Waals surface area (Å²) in [6, 6.07) is 7.87. The van der Waals surface area contributed by atoms with Gasteiger partial charge in [-0.05, 0) is 30.5 Å². The Balaban J connectivity index is 2.91. The van der Waals surface area contributed by atoms with Crippen molar-refractivity contribution < 1.29 is 5.11 Å². The molecule has 2 nitrogen and oxygen atoms in total. The van der Waals surface area contributed by atoms with Gasteiger partial charge in [0.1, 0.15) is 0 Å². The zero-order chi connectivity index (χ0) is 12.1. The Morgan fingerprint density at radius 3 is 2.69 bits per heavy atom. The molecule has 16 heavy (non-hydrogen) atoms.